The molecule has 6 heteroatoms. The SMILES string of the molecule is CC(=O)C(CCCCCCOc1cccc(OCCCCCCC(C(C)=O)C(C)=O)c1)C(C)=O. The van der Waals surface area contributed by atoms with Crippen molar-refractivity contribution < 1.29 is 28.7 Å². The van der Waals surface area contributed by atoms with Gasteiger partial charge in [0.15, 0.2) is 0 Å². The monoisotopic (exact) mass is 474 g/mol. The lowest BCUT2D eigenvalue weighted by Crippen LogP contribution is -2.19. The van der Waals surface area contributed by atoms with Crippen LogP contribution < -0.4 is 9.47 Å². The summed E-state index contributed by atoms with van der Waals surface area (Å²) < 4.78 is 11.7. The smallest absolute Gasteiger partial charge is 0.140 e. The van der Waals surface area contributed by atoms with Crippen LogP contribution in [0.5, 0.6) is 11.5 Å². The molecule has 0 N–H and O–H groups in total. The highest BCUT2D eigenvalue weighted by atomic mass is 16.5. The third kappa shape index (κ3) is 12.7. The van der Waals surface area contributed by atoms with Gasteiger partial charge in [-0.2, -0.15) is 0 Å². The summed E-state index contributed by atoms with van der Waals surface area (Å²) in [6, 6.07) is 7.64. The normalized spacial score (nSPS) is 11.0. The number of ketones is 4. The van der Waals surface area contributed by atoms with Crippen molar-refractivity contribution in [3.63, 3.8) is 0 Å². The number of hydrogen-bond donors (Lipinski definition) is 0. The minimum Gasteiger partial charge on any atom is -0.493 e. The lowest BCUT2D eigenvalue weighted by atomic mass is 9.94. The molecular weight excluding hydrogens is 432 g/mol. The molecule has 0 aliphatic heterocycles. The number of rotatable bonds is 20. The first-order chi connectivity index (χ1) is 16.2. The highest BCUT2D eigenvalue weighted by molar-refractivity contribution is 6.00. The molecule has 0 aliphatic rings. The number of benzene rings is 1. The third-order valence-electron chi connectivity index (χ3n) is 6.08. The average molecular weight is 475 g/mol. The van der Waals surface area contributed by atoms with E-state index in [0.717, 1.165) is 62.9 Å². The second-order valence-corrected chi connectivity index (χ2v) is 9.13. The van der Waals surface area contributed by atoms with E-state index in [1.54, 1.807) is 0 Å². The number of carbonyl (C=O) groups excluding carboxylic acids is 4. The summed E-state index contributed by atoms with van der Waals surface area (Å²) in [5.74, 6) is 0.539. The summed E-state index contributed by atoms with van der Waals surface area (Å²) in [6.45, 7) is 7.19. The molecule has 190 valence electrons. The maximum Gasteiger partial charge on any atom is 0.140 e. The molecule has 0 fully saturated rings. The first kappa shape index (κ1) is 29.5. The van der Waals surface area contributed by atoms with Gasteiger partial charge in [0.1, 0.15) is 34.6 Å². The van der Waals surface area contributed by atoms with Crippen LogP contribution in [0.3, 0.4) is 0 Å². The minimum atomic E-state index is -0.440. The van der Waals surface area contributed by atoms with Crippen molar-refractivity contribution >= 4 is 23.1 Å². The van der Waals surface area contributed by atoms with Crippen LogP contribution in [0.2, 0.25) is 0 Å². The zero-order chi connectivity index (χ0) is 25.3. The fraction of sp³-hybridized carbons (Fsp3) is 0.643. The van der Waals surface area contributed by atoms with Crippen LogP contribution in [-0.2, 0) is 19.2 Å². The van der Waals surface area contributed by atoms with Gasteiger partial charge in [-0.15, -0.1) is 0 Å². The molecule has 6 nitrogen and oxygen atoms in total. The van der Waals surface area contributed by atoms with Crippen LogP contribution in [0.25, 0.3) is 0 Å². The quantitative estimate of drug-likeness (QED) is 0.172. The van der Waals surface area contributed by atoms with Gasteiger partial charge in [0.25, 0.3) is 0 Å². The van der Waals surface area contributed by atoms with Crippen molar-refractivity contribution in [2.24, 2.45) is 11.8 Å². The van der Waals surface area contributed by atoms with Crippen molar-refractivity contribution in [3.05, 3.63) is 24.3 Å². The third-order valence-corrected chi connectivity index (χ3v) is 6.08. The maximum atomic E-state index is 11.5. The number of ether oxygens (including phenoxy) is 2. The second kappa shape index (κ2) is 17.0. The Morgan fingerprint density at radius 1 is 0.588 bits per heavy atom. The molecule has 0 amide bonds. The van der Waals surface area contributed by atoms with E-state index >= 15 is 0 Å². The number of hydrogen-bond acceptors (Lipinski definition) is 6. The highest BCUT2D eigenvalue weighted by Gasteiger charge is 2.19. The molecule has 0 unspecified atom stereocenters. The second-order valence-electron chi connectivity index (χ2n) is 9.13. The van der Waals surface area contributed by atoms with Gasteiger partial charge >= 0.3 is 0 Å². The van der Waals surface area contributed by atoms with E-state index < -0.39 is 11.8 Å². The Balaban J connectivity index is 2.15. The maximum absolute atomic E-state index is 11.5. The summed E-state index contributed by atoms with van der Waals surface area (Å²) in [4.78, 5) is 45.8. The molecule has 1 aromatic rings. The van der Waals surface area contributed by atoms with Gasteiger partial charge in [-0.25, -0.2) is 0 Å². The van der Waals surface area contributed by atoms with Crippen molar-refractivity contribution in [1.29, 1.82) is 0 Å². The molecule has 0 radical (unpaired) electrons. The molecular formula is C28H42O6. The minimum absolute atomic E-state index is 0.0367. The van der Waals surface area contributed by atoms with Crippen LogP contribution in [0.15, 0.2) is 24.3 Å². The molecule has 0 atom stereocenters. The Morgan fingerprint density at radius 2 is 0.941 bits per heavy atom. The predicted octanol–water partition coefficient (Wildman–Crippen LogP) is 5.93. The van der Waals surface area contributed by atoms with Gasteiger partial charge in [-0.3, -0.25) is 19.2 Å². The fourth-order valence-electron chi connectivity index (χ4n) is 4.03. The van der Waals surface area contributed by atoms with E-state index in [0.29, 0.717) is 26.1 Å². The molecule has 0 saturated carbocycles. The zero-order valence-corrected chi connectivity index (χ0v) is 21.4. The molecule has 34 heavy (non-hydrogen) atoms. The molecule has 0 spiro atoms. The van der Waals surface area contributed by atoms with E-state index in [9.17, 15) is 19.2 Å². The topological polar surface area (TPSA) is 86.7 Å². The number of unbranched alkanes of at least 4 members (excludes halogenated alkanes) is 6. The summed E-state index contributed by atoms with van der Waals surface area (Å²) >= 11 is 0. The van der Waals surface area contributed by atoms with Gasteiger partial charge in [-0.1, -0.05) is 44.6 Å². The molecule has 1 rings (SSSR count). The first-order valence-corrected chi connectivity index (χ1v) is 12.6. The Morgan fingerprint density at radius 3 is 1.29 bits per heavy atom. The fourth-order valence-corrected chi connectivity index (χ4v) is 4.03. The van der Waals surface area contributed by atoms with E-state index in [2.05, 4.69) is 0 Å². The standard InChI is InChI=1S/C28H42O6/c1-21(29)27(22(2)30)16-9-5-7-11-18-33-25-14-13-15-26(20-25)34-19-12-8-6-10-17-28(23(3)31)24(4)32/h13-15,20,27-28H,5-12,16-19H2,1-4H3. The Labute approximate surface area is 204 Å². The van der Waals surface area contributed by atoms with Crippen molar-refractivity contribution in [3.8, 4) is 11.5 Å². The number of carbonyl (C=O) groups is 4. The van der Waals surface area contributed by atoms with Gasteiger partial charge < -0.3 is 9.47 Å². The van der Waals surface area contributed by atoms with E-state index in [1.807, 2.05) is 24.3 Å². The molecule has 0 aromatic heterocycles. The van der Waals surface area contributed by atoms with Gasteiger partial charge in [0, 0.05) is 6.07 Å². The van der Waals surface area contributed by atoms with Gasteiger partial charge in [0.05, 0.1) is 25.0 Å². The van der Waals surface area contributed by atoms with Crippen LogP contribution in [0, 0.1) is 11.8 Å². The summed E-state index contributed by atoms with van der Waals surface area (Å²) in [5.41, 5.74) is 0. The first-order valence-electron chi connectivity index (χ1n) is 12.6. The van der Waals surface area contributed by atoms with Crippen molar-refractivity contribution in [2.75, 3.05) is 13.2 Å². The van der Waals surface area contributed by atoms with Crippen LogP contribution in [0.1, 0.15) is 91.9 Å². The summed E-state index contributed by atoms with van der Waals surface area (Å²) in [5, 5.41) is 0. The Kier molecular flexibility index (Phi) is 14.8. The van der Waals surface area contributed by atoms with Gasteiger partial charge in [0.2, 0.25) is 0 Å². The molecule has 1 aromatic carbocycles. The van der Waals surface area contributed by atoms with Crippen LogP contribution in [-0.4, -0.2) is 36.3 Å². The molecule has 0 heterocycles. The Hall–Kier alpha value is -2.50. The summed E-state index contributed by atoms with van der Waals surface area (Å²) in [6.07, 6.45) is 8.83. The van der Waals surface area contributed by atoms with Crippen molar-refractivity contribution in [1.82, 2.24) is 0 Å². The zero-order valence-electron chi connectivity index (χ0n) is 21.4. The average Bonchev–Trinajstić information content (AvgIpc) is 2.76. The van der Waals surface area contributed by atoms with E-state index in [1.165, 1.54) is 27.7 Å². The van der Waals surface area contributed by atoms with E-state index in [-0.39, 0.29) is 23.1 Å². The van der Waals surface area contributed by atoms with Crippen LogP contribution in [0.4, 0.5) is 0 Å². The van der Waals surface area contributed by atoms with Crippen molar-refractivity contribution in [2.45, 2.75) is 91.9 Å². The lowest BCUT2D eigenvalue weighted by Gasteiger charge is -2.11. The van der Waals surface area contributed by atoms with Crippen LogP contribution >= 0.6 is 0 Å². The molecule has 0 bridgehead atoms. The van der Waals surface area contributed by atoms with Gasteiger partial charge in [-0.05, 0) is 65.5 Å². The predicted molar refractivity (Wildman–Crippen MR) is 133 cm³/mol. The molecule has 0 aliphatic carbocycles. The Bertz CT molecular complexity index is 696. The number of Topliss-reactive ketones (excluding diaryl/α,β-unsaturated/α-hetero) is 4. The lowest BCUT2D eigenvalue weighted by molar-refractivity contribution is -0.132. The highest BCUT2D eigenvalue weighted by Crippen LogP contribution is 2.21. The van der Waals surface area contributed by atoms with E-state index in [4.69, 9.17) is 9.47 Å². The molecule has 0 saturated heterocycles. The largest absolute Gasteiger partial charge is 0.493 e. The summed E-state index contributed by atoms with van der Waals surface area (Å²) in [7, 11) is 0.